The summed E-state index contributed by atoms with van der Waals surface area (Å²) < 4.78 is 7.81. The van der Waals surface area contributed by atoms with Crippen LogP contribution in [0.3, 0.4) is 0 Å². The first-order chi connectivity index (χ1) is 15.0. The second-order valence-corrected chi connectivity index (χ2v) is 8.64. The van der Waals surface area contributed by atoms with Gasteiger partial charge in [0.05, 0.1) is 33.4 Å². The summed E-state index contributed by atoms with van der Waals surface area (Å²) in [4.78, 5) is 30.8. The third-order valence-corrected chi connectivity index (χ3v) is 6.18. The molecule has 0 aliphatic carbocycles. The number of halogens is 1. The highest BCUT2D eigenvalue weighted by atomic mass is 79.9. The number of carbonyl (C=O) groups excluding carboxylic acids is 2. The average Bonchev–Trinajstić information content (AvgIpc) is 3.43. The van der Waals surface area contributed by atoms with E-state index in [2.05, 4.69) is 31.3 Å². The van der Waals surface area contributed by atoms with Crippen molar-refractivity contribution in [3.63, 3.8) is 0 Å². The first kappa shape index (κ1) is 21.2. The predicted octanol–water partition coefficient (Wildman–Crippen LogP) is 5.05. The molecule has 3 heterocycles. The molecule has 0 saturated carbocycles. The average molecular weight is 499 g/mol. The molecule has 0 bridgehead atoms. The first-order valence-electron chi connectivity index (χ1n) is 9.60. The molecule has 1 amide bonds. The zero-order valence-electron chi connectivity index (χ0n) is 16.9. The number of nitrogens with zero attached hydrogens (tertiary/aromatic N) is 3. The third-order valence-electron chi connectivity index (χ3n) is 4.64. The highest BCUT2D eigenvalue weighted by molar-refractivity contribution is 9.10. The fourth-order valence-electron chi connectivity index (χ4n) is 3.12. The number of fused-ring (bicyclic) bond motifs is 1. The second kappa shape index (κ2) is 8.99. The van der Waals surface area contributed by atoms with E-state index in [0.717, 1.165) is 14.9 Å². The van der Waals surface area contributed by atoms with Gasteiger partial charge in [-0.3, -0.25) is 4.79 Å². The number of pyridine rings is 1. The van der Waals surface area contributed by atoms with Gasteiger partial charge in [0, 0.05) is 11.0 Å². The Balaban J connectivity index is 1.55. The molecule has 0 saturated heterocycles. The summed E-state index contributed by atoms with van der Waals surface area (Å²) in [5.41, 5.74) is 3.28. The molecule has 158 valence electrons. The third kappa shape index (κ3) is 4.52. The smallest absolute Gasteiger partial charge is 0.339 e. The summed E-state index contributed by atoms with van der Waals surface area (Å²) in [5, 5.41) is 9.59. The Kier molecular flexibility index (Phi) is 6.15. The van der Waals surface area contributed by atoms with Crippen LogP contribution in [-0.2, 0) is 16.1 Å². The van der Waals surface area contributed by atoms with Crippen molar-refractivity contribution in [3.05, 3.63) is 63.6 Å². The molecule has 1 aromatic carbocycles. The standard InChI is InChI=1S/C22H19BrN4O3S/c1-3-27-21-15(11-24-27)14(10-18(26-21)19-5-4-8-31-19)22(29)30-12-20(28)25-17-7-6-13(2)9-16(17)23/h4-11H,3,12H2,1-2H3,(H,25,28). The molecule has 0 radical (unpaired) electrons. The van der Waals surface area contributed by atoms with Crippen molar-refractivity contribution < 1.29 is 14.3 Å². The zero-order chi connectivity index (χ0) is 22.0. The number of rotatable bonds is 6. The molecule has 0 unspecified atom stereocenters. The number of benzene rings is 1. The first-order valence-corrected chi connectivity index (χ1v) is 11.3. The molecular weight excluding hydrogens is 480 g/mol. The lowest BCUT2D eigenvalue weighted by Crippen LogP contribution is -2.21. The van der Waals surface area contributed by atoms with Crippen molar-refractivity contribution >= 4 is 55.9 Å². The summed E-state index contributed by atoms with van der Waals surface area (Å²) in [6.45, 7) is 4.13. The van der Waals surface area contributed by atoms with Gasteiger partial charge in [-0.25, -0.2) is 14.5 Å². The molecule has 0 spiro atoms. The van der Waals surface area contributed by atoms with Gasteiger partial charge < -0.3 is 10.1 Å². The van der Waals surface area contributed by atoms with E-state index in [9.17, 15) is 9.59 Å². The number of esters is 1. The van der Waals surface area contributed by atoms with Crippen LogP contribution in [0.15, 0.2) is 52.4 Å². The molecule has 0 fully saturated rings. The molecule has 0 aliphatic rings. The fourth-order valence-corrected chi connectivity index (χ4v) is 4.39. The van der Waals surface area contributed by atoms with E-state index in [0.29, 0.717) is 34.5 Å². The summed E-state index contributed by atoms with van der Waals surface area (Å²) in [6, 6.07) is 11.1. The molecule has 31 heavy (non-hydrogen) atoms. The fraction of sp³-hybridized carbons (Fsp3) is 0.182. The van der Waals surface area contributed by atoms with Crippen molar-refractivity contribution in [2.24, 2.45) is 0 Å². The maximum atomic E-state index is 12.9. The Morgan fingerprint density at radius 3 is 2.81 bits per heavy atom. The number of ether oxygens (including phenoxy) is 1. The molecule has 4 aromatic rings. The van der Waals surface area contributed by atoms with Crippen molar-refractivity contribution in [3.8, 4) is 10.6 Å². The molecule has 4 rings (SSSR count). The van der Waals surface area contributed by atoms with Gasteiger partial charge in [-0.1, -0.05) is 12.1 Å². The van der Waals surface area contributed by atoms with Crippen LogP contribution in [0.1, 0.15) is 22.8 Å². The SMILES string of the molecule is CCn1ncc2c(C(=O)OCC(=O)Nc3ccc(C)cc3Br)cc(-c3cccs3)nc21. The minimum absolute atomic E-state index is 0.331. The molecule has 7 nitrogen and oxygen atoms in total. The lowest BCUT2D eigenvalue weighted by atomic mass is 10.1. The van der Waals surface area contributed by atoms with Gasteiger partial charge in [0.2, 0.25) is 0 Å². The van der Waals surface area contributed by atoms with E-state index >= 15 is 0 Å². The summed E-state index contributed by atoms with van der Waals surface area (Å²) >= 11 is 4.95. The van der Waals surface area contributed by atoms with Gasteiger partial charge in [-0.2, -0.15) is 5.10 Å². The number of aromatic nitrogens is 3. The number of hydrogen-bond acceptors (Lipinski definition) is 6. The van der Waals surface area contributed by atoms with Crippen molar-refractivity contribution in [2.75, 3.05) is 11.9 Å². The molecule has 0 atom stereocenters. The van der Waals surface area contributed by atoms with Gasteiger partial charge in [-0.15, -0.1) is 11.3 Å². The van der Waals surface area contributed by atoms with Crippen LogP contribution < -0.4 is 5.32 Å². The summed E-state index contributed by atoms with van der Waals surface area (Å²) in [6.07, 6.45) is 1.60. The number of hydrogen-bond donors (Lipinski definition) is 1. The number of anilines is 1. The number of thiophene rings is 1. The van der Waals surface area contributed by atoms with Gasteiger partial charge >= 0.3 is 5.97 Å². The number of carbonyl (C=O) groups is 2. The maximum absolute atomic E-state index is 12.9. The van der Waals surface area contributed by atoms with Crippen LogP contribution in [0.25, 0.3) is 21.6 Å². The molecule has 1 N–H and O–H groups in total. The minimum Gasteiger partial charge on any atom is -0.452 e. The van der Waals surface area contributed by atoms with Crippen molar-refractivity contribution in [2.45, 2.75) is 20.4 Å². The van der Waals surface area contributed by atoms with Crippen LogP contribution in [0.5, 0.6) is 0 Å². The van der Waals surface area contributed by atoms with Gasteiger partial charge in [-0.05, 0) is 65.0 Å². The van der Waals surface area contributed by atoms with Crippen molar-refractivity contribution in [1.82, 2.24) is 14.8 Å². The number of amides is 1. The van der Waals surface area contributed by atoms with E-state index in [1.54, 1.807) is 23.0 Å². The van der Waals surface area contributed by atoms with Crippen LogP contribution >= 0.6 is 27.3 Å². The van der Waals surface area contributed by atoms with Gasteiger partial charge in [0.1, 0.15) is 0 Å². The monoisotopic (exact) mass is 498 g/mol. The lowest BCUT2D eigenvalue weighted by Gasteiger charge is -2.10. The minimum atomic E-state index is -0.598. The van der Waals surface area contributed by atoms with E-state index in [-0.39, 0.29) is 0 Å². The molecule has 0 aliphatic heterocycles. The predicted molar refractivity (Wildman–Crippen MR) is 124 cm³/mol. The zero-order valence-corrected chi connectivity index (χ0v) is 19.3. The number of aryl methyl sites for hydroxylation is 2. The lowest BCUT2D eigenvalue weighted by molar-refractivity contribution is -0.119. The van der Waals surface area contributed by atoms with E-state index in [1.807, 2.05) is 43.5 Å². The highest BCUT2D eigenvalue weighted by Gasteiger charge is 2.20. The summed E-state index contributed by atoms with van der Waals surface area (Å²) in [7, 11) is 0. The van der Waals surface area contributed by atoms with Crippen LogP contribution in [0, 0.1) is 6.92 Å². The van der Waals surface area contributed by atoms with Crippen molar-refractivity contribution in [1.29, 1.82) is 0 Å². The quantitative estimate of drug-likeness (QED) is 0.376. The van der Waals surface area contributed by atoms with E-state index < -0.39 is 18.5 Å². The molecule has 3 aromatic heterocycles. The van der Waals surface area contributed by atoms with Gasteiger partial charge in [0.15, 0.2) is 12.3 Å². The van der Waals surface area contributed by atoms with Crippen LogP contribution in [0.2, 0.25) is 0 Å². The number of nitrogens with one attached hydrogen (secondary N) is 1. The largest absolute Gasteiger partial charge is 0.452 e. The Hall–Kier alpha value is -3.04. The summed E-state index contributed by atoms with van der Waals surface area (Å²) in [5.74, 6) is -1.02. The van der Waals surface area contributed by atoms with Crippen LogP contribution in [-0.4, -0.2) is 33.2 Å². The second-order valence-electron chi connectivity index (χ2n) is 6.84. The Morgan fingerprint density at radius 2 is 2.10 bits per heavy atom. The van der Waals surface area contributed by atoms with E-state index in [1.165, 1.54) is 11.3 Å². The van der Waals surface area contributed by atoms with Crippen LogP contribution in [0.4, 0.5) is 5.69 Å². The normalized spacial score (nSPS) is 10.9. The topological polar surface area (TPSA) is 86.1 Å². The molecular formula is C22H19BrN4O3S. The Bertz CT molecular complexity index is 1270. The Morgan fingerprint density at radius 1 is 1.26 bits per heavy atom. The van der Waals surface area contributed by atoms with Gasteiger partial charge in [0.25, 0.3) is 5.91 Å². The maximum Gasteiger partial charge on any atom is 0.339 e. The Labute approximate surface area is 191 Å². The molecule has 9 heteroatoms. The highest BCUT2D eigenvalue weighted by Crippen LogP contribution is 2.28. The van der Waals surface area contributed by atoms with E-state index in [4.69, 9.17) is 4.74 Å².